The van der Waals surface area contributed by atoms with Crippen molar-refractivity contribution in [2.45, 2.75) is 9.79 Å². The van der Waals surface area contributed by atoms with Gasteiger partial charge < -0.3 is 0 Å². The van der Waals surface area contributed by atoms with Gasteiger partial charge in [-0.15, -0.1) is 11.3 Å². The smallest absolute Gasteiger partial charge is 0.101 e. The summed E-state index contributed by atoms with van der Waals surface area (Å²) in [6, 6.07) is 35.4. The SMILES string of the molecule is N#C/C(=C\c1ccc(N2c3ccccc3Sc3ccccc32)s1)c1ccc2ccccc2n1. The number of rotatable bonds is 3. The van der Waals surface area contributed by atoms with Crippen LogP contribution in [0.2, 0.25) is 0 Å². The number of allylic oxidation sites excluding steroid dienone is 1. The molecule has 0 N–H and O–H groups in total. The van der Waals surface area contributed by atoms with Crippen LogP contribution in [0.25, 0.3) is 22.6 Å². The van der Waals surface area contributed by atoms with E-state index in [-0.39, 0.29) is 0 Å². The maximum atomic E-state index is 9.86. The maximum Gasteiger partial charge on any atom is 0.101 e. The van der Waals surface area contributed by atoms with E-state index in [1.807, 2.05) is 42.5 Å². The van der Waals surface area contributed by atoms with Crippen molar-refractivity contribution in [1.82, 2.24) is 4.98 Å². The lowest BCUT2D eigenvalue weighted by Crippen LogP contribution is -2.13. The lowest BCUT2D eigenvalue weighted by Gasteiger charge is -2.31. The van der Waals surface area contributed by atoms with Crippen LogP contribution >= 0.6 is 23.1 Å². The number of hydrogen-bond acceptors (Lipinski definition) is 5. The van der Waals surface area contributed by atoms with Gasteiger partial charge in [0.05, 0.1) is 28.2 Å². The molecule has 0 atom stereocenters. The number of pyridine rings is 1. The van der Waals surface area contributed by atoms with Gasteiger partial charge in [-0.2, -0.15) is 5.26 Å². The molecule has 0 unspecified atom stereocenters. The zero-order valence-corrected chi connectivity index (χ0v) is 19.1. The first-order valence-electron chi connectivity index (χ1n) is 10.5. The Hall–Kier alpha value is -3.85. The largest absolute Gasteiger partial charge is 0.300 e. The fraction of sp³-hybridized carbons (Fsp3) is 0. The highest BCUT2D eigenvalue weighted by atomic mass is 32.2. The van der Waals surface area contributed by atoms with Crippen molar-refractivity contribution < 1.29 is 0 Å². The van der Waals surface area contributed by atoms with E-state index in [0.29, 0.717) is 11.3 Å². The Morgan fingerprint density at radius 1 is 0.788 bits per heavy atom. The summed E-state index contributed by atoms with van der Waals surface area (Å²) < 4.78 is 0. The van der Waals surface area contributed by atoms with Gasteiger partial charge in [-0.1, -0.05) is 60.3 Å². The summed E-state index contributed by atoms with van der Waals surface area (Å²) in [5, 5.41) is 12.0. The van der Waals surface area contributed by atoms with Crippen LogP contribution in [0.4, 0.5) is 16.4 Å². The van der Waals surface area contributed by atoms with Crippen LogP contribution in [-0.4, -0.2) is 4.98 Å². The van der Waals surface area contributed by atoms with Gasteiger partial charge in [0.15, 0.2) is 0 Å². The summed E-state index contributed by atoms with van der Waals surface area (Å²) in [5.41, 5.74) is 4.49. The first-order valence-corrected chi connectivity index (χ1v) is 12.2. The van der Waals surface area contributed by atoms with E-state index in [0.717, 1.165) is 20.8 Å². The Balaban J connectivity index is 1.41. The number of benzene rings is 3. The molecule has 0 saturated carbocycles. The van der Waals surface area contributed by atoms with Crippen molar-refractivity contribution in [3.8, 4) is 6.07 Å². The molecule has 5 heteroatoms. The predicted octanol–water partition coefficient (Wildman–Crippen LogP) is 8.29. The number of anilines is 3. The van der Waals surface area contributed by atoms with Crippen LogP contribution in [0, 0.1) is 11.3 Å². The molecule has 33 heavy (non-hydrogen) atoms. The number of nitriles is 1. The Labute approximate surface area is 200 Å². The normalized spacial score (nSPS) is 12.8. The van der Waals surface area contributed by atoms with Gasteiger partial charge in [-0.3, -0.25) is 4.90 Å². The molecule has 0 saturated heterocycles. The molecule has 1 aliphatic heterocycles. The average Bonchev–Trinajstić information content (AvgIpc) is 3.33. The summed E-state index contributed by atoms with van der Waals surface area (Å²) in [4.78, 5) is 10.5. The second-order valence-electron chi connectivity index (χ2n) is 7.61. The molecule has 6 rings (SSSR count). The van der Waals surface area contributed by atoms with E-state index in [9.17, 15) is 5.26 Å². The number of fused-ring (bicyclic) bond motifs is 3. The maximum absolute atomic E-state index is 9.86. The van der Waals surface area contributed by atoms with Crippen LogP contribution in [0.1, 0.15) is 10.6 Å². The minimum absolute atomic E-state index is 0.559. The van der Waals surface area contributed by atoms with Crippen molar-refractivity contribution in [3.05, 3.63) is 108 Å². The van der Waals surface area contributed by atoms with Crippen LogP contribution in [-0.2, 0) is 0 Å². The van der Waals surface area contributed by atoms with Gasteiger partial charge in [0.1, 0.15) is 11.1 Å². The Bertz CT molecular complexity index is 1530. The molecule has 3 aromatic carbocycles. The summed E-state index contributed by atoms with van der Waals surface area (Å²) in [6.07, 6.45) is 1.93. The minimum atomic E-state index is 0.559. The topological polar surface area (TPSA) is 39.9 Å². The second kappa shape index (κ2) is 8.25. The van der Waals surface area contributed by atoms with Crippen LogP contribution in [0.15, 0.2) is 107 Å². The van der Waals surface area contributed by atoms with Gasteiger partial charge in [0.25, 0.3) is 0 Å². The number of aromatic nitrogens is 1. The lowest BCUT2D eigenvalue weighted by atomic mass is 10.1. The molecule has 0 spiro atoms. The van der Waals surface area contributed by atoms with Crippen molar-refractivity contribution in [1.29, 1.82) is 5.26 Å². The van der Waals surface area contributed by atoms with E-state index in [2.05, 4.69) is 71.6 Å². The molecule has 1 aliphatic rings. The van der Waals surface area contributed by atoms with Crippen molar-refractivity contribution in [3.63, 3.8) is 0 Å². The van der Waals surface area contributed by atoms with Crippen LogP contribution in [0.3, 0.4) is 0 Å². The van der Waals surface area contributed by atoms with Crippen LogP contribution < -0.4 is 4.90 Å². The Morgan fingerprint density at radius 3 is 2.24 bits per heavy atom. The van der Waals surface area contributed by atoms with E-state index in [1.54, 1.807) is 23.1 Å². The molecule has 0 fully saturated rings. The summed E-state index contributed by atoms with van der Waals surface area (Å²) in [6.45, 7) is 0. The van der Waals surface area contributed by atoms with E-state index >= 15 is 0 Å². The van der Waals surface area contributed by atoms with Gasteiger partial charge in [-0.25, -0.2) is 4.98 Å². The van der Waals surface area contributed by atoms with E-state index in [4.69, 9.17) is 4.98 Å². The van der Waals surface area contributed by atoms with Gasteiger partial charge >= 0.3 is 0 Å². The van der Waals surface area contributed by atoms with Crippen molar-refractivity contribution >= 4 is 62.0 Å². The molecule has 0 amide bonds. The van der Waals surface area contributed by atoms with Crippen LogP contribution in [0.5, 0.6) is 0 Å². The molecule has 5 aromatic rings. The number of nitrogens with zero attached hydrogens (tertiary/aromatic N) is 3. The third-order valence-electron chi connectivity index (χ3n) is 5.55. The molecular formula is C28H17N3S2. The van der Waals surface area contributed by atoms with Crippen molar-refractivity contribution in [2.75, 3.05) is 4.90 Å². The third kappa shape index (κ3) is 3.60. The zero-order chi connectivity index (χ0) is 22.2. The van der Waals surface area contributed by atoms with E-state index < -0.39 is 0 Å². The van der Waals surface area contributed by atoms with Gasteiger partial charge in [-0.05, 0) is 54.6 Å². The summed E-state index contributed by atoms with van der Waals surface area (Å²) in [5.74, 6) is 0. The molecule has 2 aromatic heterocycles. The van der Waals surface area contributed by atoms with Gasteiger partial charge in [0, 0.05) is 20.1 Å². The zero-order valence-electron chi connectivity index (χ0n) is 17.5. The molecule has 0 radical (unpaired) electrons. The standard InChI is InChI=1S/C28H17N3S2/c29-18-20(23-15-13-19-7-1-2-8-22(19)30-23)17-21-14-16-28(32-21)31-24-9-3-5-11-26(24)33-27-12-6-4-10-25(27)31/h1-17H/b20-17+. The third-order valence-corrected chi connectivity index (χ3v) is 7.69. The van der Waals surface area contributed by atoms with E-state index in [1.165, 1.54) is 21.2 Å². The van der Waals surface area contributed by atoms with Gasteiger partial charge in [0.2, 0.25) is 0 Å². The highest BCUT2D eigenvalue weighted by Gasteiger charge is 2.25. The van der Waals surface area contributed by atoms with Crippen molar-refractivity contribution in [2.24, 2.45) is 0 Å². The molecule has 0 bridgehead atoms. The highest BCUT2D eigenvalue weighted by Crippen LogP contribution is 2.52. The lowest BCUT2D eigenvalue weighted by molar-refractivity contribution is 1.18. The minimum Gasteiger partial charge on any atom is -0.300 e. The second-order valence-corrected chi connectivity index (χ2v) is 9.79. The number of para-hydroxylation sites is 3. The Kier molecular flexibility index (Phi) is 4.95. The fourth-order valence-electron chi connectivity index (χ4n) is 4.00. The summed E-state index contributed by atoms with van der Waals surface area (Å²) >= 11 is 3.47. The molecule has 0 aliphatic carbocycles. The quantitative estimate of drug-likeness (QED) is 0.250. The monoisotopic (exact) mass is 459 g/mol. The Morgan fingerprint density at radius 2 is 1.48 bits per heavy atom. The molecule has 156 valence electrons. The average molecular weight is 460 g/mol. The molecule has 3 nitrogen and oxygen atoms in total. The number of thiophene rings is 1. The number of hydrogen-bond donors (Lipinski definition) is 0. The predicted molar refractivity (Wildman–Crippen MR) is 138 cm³/mol. The molecular weight excluding hydrogens is 442 g/mol. The summed E-state index contributed by atoms with van der Waals surface area (Å²) in [7, 11) is 0. The molecule has 3 heterocycles. The highest BCUT2D eigenvalue weighted by molar-refractivity contribution is 7.99. The fourth-order valence-corrected chi connectivity index (χ4v) is 6.04. The first-order chi connectivity index (χ1) is 16.3. The first kappa shape index (κ1) is 19.8.